The van der Waals surface area contributed by atoms with E-state index in [0.717, 1.165) is 30.2 Å². The third-order valence-corrected chi connectivity index (χ3v) is 5.67. The molecule has 2 aliphatic rings. The summed E-state index contributed by atoms with van der Waals surface area (Å²) in [4.78, 5) is 26.8. The number of methoxy groups -OCH3 is 2. The van der Waals surface area contributed by atoms with Crippen LogP contribution in [0.15, 0.2) is 23.1 Å². The number of benzene rings is 1. The van der Waals surface area contributed by atoms with Crippen LogP contribution in [0.3, 0.4) is 0 Å². The molecule has 1 saturated heterocycles. The molecule has 1 aromatic carbocycles. The van der Waals surface area contributed by atoms with Gasteiger partial charge >= 0.3 is 0 Å². The molecule has 0 radical (unpaired) electrons. The topological polar surface area (TPSA) is 55.8 Å². The van der Waals surface area contributed by atoms with Crippen molar-refractivity contribution in [1.29, 1.82) is 0 Å². The summed E-state index contributed by atoms with van der Waals surface area (Å²) in [7, 11) is 3.13. The maximum Gasteiger partial charge on any atom is 0.293 e. The van der Waals surface area contributed by atoms with Gasteiger partial charge in [-0.1, -0.05) is 31.4 Å². The standard InChI is InChI=1S/C19H23NO4S/c1-23-15-10-6-9-14(17(15)24-2)11-16-18(21)20(19(22)25-16)12-13-7-4-3-5-8-13/h6,9-11,13H,3-5,7-8,12H2,1-2H3/b16-11+. The number of hydrogen-bond acceptors (Lipinski definition) is 5. The fourth-order valence-corrected chi connectivity index (χ4v) is 4.29. The molecule has 1 saturated carbocycles. The summed E-state index contributed by atoms with van der Waals surface area (Å²) >= 11 is 1.00. The summed E-state index contributed by atoms with van der Waals surface area (Å²) in [6.45, 7) is 0.539. The van der Waals surface area contributed by atoms with Crippen LogP contribution in [0.4, 0.5) is 4.79 Å². The first-order chi connectivity index (χ1) is 12.1. The maximum absolute atomic E-state index is 12.7. The number of para-hydroxylation sites is 1. The Morgan fingerprint density at radius 3 is 2.60 bits per heavy atom. The molecule has 25 heavy (non-hydrogen) atoms. The minimum absolute atomic E-state index is 0.177. The molecule has 0 N–H and O–H groups in total. The van der Waals surface area contributed by atoms with Gasteiger partial charge in [-0.15, -0.1) is 0 Å². The lowest BCUT2D eigenvalue weighted by atomic mass is 9.89. The number of amides is 2. The molecule has 2 fully saturated rings. The van der Waals surface area contributed by atoms with E-state index in [2.05, 4.69) is 0 Å². The van der Waals surface area contributed by atoms with E-state index in [1.54, 1.807) is 26.4 Å². The van der Waals surface area contributed by atoms with Crippen molar-refractivity contribution in [2.45, 2.75) is 32.1 Å². The Morgan fingerprint density at radius 2 is 1.92 bits per heavy atom. The highest BCUT2D eigenvalue weighted by Crippen LogP contribution is 2.38. The summed E-state index contributed by atoms with van der Waals surface area (Å²) in [6.07, 6.45) is 7.56. The predicted octanol–water partition coefficient (Wildman–Crippen LogP) is 4.32. The number of ether oxygens (including phenoxy) is 2. The lowest BCUT2D eigenvalue weighted by Crippen LogP contribution is -2.34. The molecule has 3 rings (SSSR count). The smallest absolute Gasteiger partial charge is 0.293 e. The van der Waals surface area contributed by atoms with Crippen LogP contribution < -0.4 is 9.47 Å². The van der Waals surface area contributed by atoms with Gasteiger partial charge in [-0.3, -0.25) is 14.5 Å². The summed E-state index contributed by atoms with van der Waals surface area (Å²) < 4.78 is 10.7. The Labute approximate surface area is 152 Å². The first-order valence-electron chi connectivity index (χ1n) is 8.60. The van der Waals surface area contributed by atoms with Gasteiger partial charge in [0.25, 0.3) is 11.1 Å². The third-order valence-electron chi connectivity index (χ3n) is 4.76. The van der Waals surface area contributed by atoms with Gasteiger partial charge in [-0.25, -0.2) is 0 Å². The van der Waals surface area contributed by atoms with E-state index in [4.69, 9.17) is 9.47 Å². The lowest BCUT2D eigenvalue weighted by Gasteiger charge is -2.25. The van der Waals surface area contributed by atoms with Gasteiger partial charge in [0.15, 0.2) is 11.5 Å². The average molecular weight is 361 g/mol. The Morgan fingerprint density at radius 1 is 1.16 bits per heavy atom. The monoisotopic (exact) mass is 361 g/mol. The SMILES string of the molecule is COc1cccc(/C=C2/SC(=O)N(CC3CCCCC3)C2=O)c1OC. The van der Waals surface area contributed by atoms with Crippen LogP contribution in [-0.2, 0) is 4.79 Å². The second-order valence-electron chi connectivity index (χ2n) is 6.38. The van der Waals surface area contributed by atoms with Crippen molar-refractivity contribution in [3.63, 3.8) is 0 Å². The number of thioether (sulfide) groups is 1. The number of carbonyl (C=O) groups excluding carboxylic acids is 2. The van der Waals surface area contributed by atoms with Gasteiger partial charge < -0.3 is 9.47 Å². The Balaban J connectivity index is 1.80. The molecular weight excluding hydrogens is 338 g/mol. The molecule has 0 bridgehead atoms. The van der Waals surface area contributed by atoms with Crippen LogP contribution >= 0.6 is 11.8 Å². The number of rotatable bonds is 5. The lowest BCUT2D eigenvalue weighted by molar-refractivity contribution is -0.123. The van der Waals surface area contributed by atoms with Crippen LogP contribution in [0.2, 0.25) is 0 Å². The first kappa shape index (κ1) is 17.9. The van der Waals surface area contributed by atoms with Gasteiger partial charge in [-0.2, -0.15) is 0 Å². The molecule has 1 heterocycles. The highest BCUT2D eigenvalue weighted by atomic mass is 32.2. The zero-order chi connectivity index (χ0) is 17.8. The minimum atomic E-state index is -0.203. The van der Waals surface area contributed by atoms with Gasteiger partial charge in [0.05, 0.1) is 19.1 Å². The van der Waals surface area contributed by atoms with E-state index in [0.29, 0.717) is 28.9 Å². The van der Waals surface area contributed by atoms with Crippen LogP contribution in [0.1, 0.15) is 37.7 Å². The van der Waals surface area contributed by atoms with Crippen molar-refractivity contribution in [1.82, 2.24) is 4.90 Å². The van der Waals surface area contributed by atoms with Crippen molar-refractivity contribution in [3.8, 4) is 11.5 Å². The van der Waals surface area contributed by atoms with Crippen LogP contribution in [-0.4, -0.2) is 36.8 Å². The highest BCUT2D eigenvalue weighted by molar-refractivity contribution is 8.18. The predicted molar refractivity (Wildman–Crippen MR) is 98.8 cm³/mol. The third kappa shape index (κ3) is 3.84. The fourth-order valence-electron chi connectivity index (χ4n) is 3.45. The molecule has 0 spiro atoms. The summed E-state index contributed by atoms with van der Waals surface area (Å²) in [5.41, 5.74) is 0.727. The van der Waals surface area contributed by atoms with Crippen molar-refractivity contribution in [3.05, 3.63) is 28.7 Å². The molecule has 5 nitrogen and oxygen atoms in total. The van der Waals surface area contributed by atoms with Crippen LogP contribution in [0, 0.1) is 5.92 Å². The molecule has 1 aliphatic carbocycles. The van der Waals surface area contributed by atoms with E-state index in [-0.39, 0.29) is 11.1 Å². The maximum atomic E-state index is 12.7. The highest BCUT2D eigenvalue weighted by Gasteiger charge is 2.36. The minimum Gasteiger partial charge on any atom is -0.493 e. The van der Waals surface area contributed by atoms with Gasteiger partial charge in [0.1, 0.15) is 0 Å². The van der Waals surface area contributed by atoms with Crippen molar-refractivity contribution in [2.75, 3.05) is 20.8 Å². The van der Waals surface area contributed by atoms with E-state index in [1.807, 2.05) is 12.1 Å². The number of carbonyl (C=O) groups is 2. The molecule has 0 unspecified atom stereocenters. The number of imide groups is 1. The molecule has 6 heteroatoms. The largest absolute Gasteiger partial charge is 0.493 e. The second kappa shape index (κ2) is 7.95. The van der Waals surface area contributed by atoms with Crippen molar-refractivity contribution < 1.29 is 19.1 Å². The molecule has 2 amide bonds. The second-order valence-corrected chi connectivity index (χ2v) is 7.37. The van der Waals surface area contributed by atoms with Gasteiger partial charge in [-0.05, 0) is 42.7 Å². The van der Waals surface area contributed by atoms with Crippen LogP contribution in [0.25, 0.3) is 6.08 Å². The zero-order valence-corrected chi connectivity index (χ0v) is 15.4. The molecule has 1 aromatic rings. The van der Waals surface area contributed by atoms with E-state index >= 15 is 0 Å². The van der Waals surface area contributed by atoms with E-state index in [1.165, 1.54) is 24.2 Å². The van der Waals surface area contributed by atoms with E-state index < -0.39 is 0 Å². The Kier molecular flexibility index (Phi) is 5.68. The molecular formula is C19H23NO4S. The number of nitrogens with zero attached hydrogens (tertiary/aromatic N) is 1. The van der Waals surface area contributed by atoms with Gasteiger partial charge in [0, 0.05) is 12.1 Å². The fraction of sp³-hybridized carbons (Fsp3) is 0.474. The van der Waals surface area contributed by atoms with Crippen molar-refractivity contribution >= 4 is 29.0 Å². The number of hydrogen-bond donors (Lipinski definition) is 0. The quantitative estimate of drug-likeness (QED) is 0.731. The Hall–Kier alpha value is -1.95. The first-order valence-corrected chi connectivity index (χ1v) is 9.42. The van der Waals surface area contributed by atoms with Crippen LogP contribution in [0.5, 0.6) is 11.5 Å². The zero-order valence-electron chi connectivity index (χ0n) is 14.6. The summed E-state index contributed by atoms with van der Waals surface area (Å²) in [6, 6.07) is 5.47. The van der Waals surface area contributed by atoms with Gasteiger partial charge in [0.2, 0.25) is 0 Å². The van der Waals surface area contributed by atoms with E-state index in [9.17, 15) is 9.59 Å². The molecule has 0 atom stereocenters. The van der Waals surface area contributed by atoms with Crippen molar-refractivity contribution in [2.24, 2.45) is 5.92 Å². The Bertz CT molecular complexity index is 695. The summed E-state index contributed by atoms with van der Waals surface area (Å²) in [5.74, 6) is 1.39. The molecule has 0 aromatic heterocycles. The molecule has 134 valence electrons. The molecule has 1 aliphatic heterocycles. The summed E-state index contributed by atoms with van der Waals surface area (Å²) in [5, 5.41) is -0.177. The normalized spacial score (nSPS) is 20.4. The average Bonchev–Trinajstić information content (AvgIpc) is 2.90.